The molecule has 7 nitrogen and oxygen atoms in total. The van der Waals surface area contributed by atoms with Crippen LogP contribution in [0.2, 0.25) is 0 Å². The molecule has 0 aromatic heterocycles. The van der Waals surface area contributed by atoms with E-state index in [0.29, 0.717) is 33.2 Å². The number of hydrogen-bond acceptors (Lipinski definition) is 5. The highest BCUT2D eigenvalue weighted by Gasteiger charge is 2.29. The van der Waals surface area contributed by atoms with Gasteiger partial charge in [0.1, 0.15) is 5.75 Å². The van der Waals surface area contributed by atoms with E-state index in [4.69, 9.17) is 0 Å². The molecule has 4 aromatic carbocycles. The second-order valence-corrected chi connectivity index (χ2v) is 7.93. The number of carbonyl (C=O) groups excluding carboxylic acids is 4. The molecular weight excluding hydrogens is 432 g/mol. The Morgan fingerprint density at radius 1 is 0.706 bits per heavy atom. The van der Waals surface area contributed by atoms with Gasteiger partial charge in [-0.15, -0.1) is 0 Å². The SMILES string of the molecule is CNC(=O)c1ccc2cc(O)c(C(=O)Nc3ccc4c(c3)C(=O)c3ccccc3C4=O)cc2c1. The molecule has 4 aromatic rings. The van der Waals surface area contributed by atoms with Crippen LogP contribution < -0.4 is 10.6 Å². The smallest absolute Gasteiger partial charge is 0.259 e. The Hall–Kier alpha value is -4.78. The molecule has 0 aliphatic heterocycles. The van der Waals surface area contributed by atoms with Gasteiger partial charge in [0, 0.05) is 40.6 Å². The van der Waals surface area contributed by atoms with E-state index >= 15 is 0 Å². The van der Waals surface area contributed by atoms with Gasteiger partial charge < -0.3 is 15.7 Å². The first kappa shape index (κ1) is 21.1. The summed E-state index contributed by atoms with van der Waals surface area (Å²) in [6.07, 6.45) is 0. The summed E-state index contributed by atoms with van der Waals surface area (Å²) in [5.41, 5.74) is 1.90. The van der Waals surface area contributed by atoms with Gasteiger partial charge >= 0.3 is 0 Å². The first-order valence-electron chi connectivity index (χ1n) is 10.5. The number of aromatic hydroxyl groups is 1. The quantitative estimate of drug-likeness (QED) is 0.386. The first-order valence-corrected chi connectivity index (χ1v) is 10.5. The van der Waals surface area contributed by atoms with E-state index in [2.05, 4.69) is 10.6 Å². The Bertz CT molecular complexity index is 1550. The largest absolute Gasteiger partial charge is 0.507 e. The summed E-state index contributed by atoms with van der Waals surface area (Å²) < 4.78 is 0. The summed E-state index contributed by atoms with van der Waals surface area (Å²) in [6, 6.07) is 19.0. The molecule has 0 spiro atoms. The van der Waals surface area contributed by atoms with Gasteiger partial charge in [0.15, 0.2) is 11.6 Å². The number of rotatable bonds is 3. The van der Waals surface area contributed by atoms with Gasteiger partial charge in [-0.25, -0.2) is 0 Å². The standard InChI is InChI=1S/C27H18N2O5/c1-28-26(33)15-7-6-14-12-23(30)22(11-16(14)10-15)27(34)29-17-8-9-20-21(13-17)25(32)19-5-3-2-4-18(19)24(20)31/h2-13,30H,1H3,(H,28,33)(H,29,34). The molecule has 0 atom stereocenters. The van der Waals surface area contributed by atoms with Crippen molar-refractivity contribution in [3.8, 4) is 5.75 Å². The van der Waals surface area contributed by atoms with Crippen molar-refractivity contribution >= 4 is 39.8 Å². The van der Waals surface area contributed by atoms with Crippen LogP contribution in [0.15, 0.2) is 72.8 Å². The van der Waals surface area contributed by atoms with Crippen molar-refractivity contribution in [3.05, 3.63) is 106 Å². The third kappa shape index (κ3) is 3.40. The summed E-state index contributed by atoms with van der Waals surface area (Å²) in [5.74, 6) is -1.63. The fourth-order valence-electron chi connectivity index (χ4n) is 4.13. The van der Waals surface area contributed by atoms with Crippen LogP contribution in [0.5, 0.6) is 5.75 Å². The molecule has 2 amide bonds. The van der Waals surface area contributed by atoms with Gasteiger partial charge in [0.05, 0.1) is 5.56 Å². The van der Waals surface area contributed by atoms with Gasteiger partial charge in [-0.3, -0.25) is 19.2 Å². The zero-order valence-corrected chi connectivity index (χ0v) is 18.0. The lowest BCUT2D eigenvalue weighted by Gasteiger charge is -2.18. The molecule has 0 unspecified atom stereocenters. The van der Waals surface area contributed by atoms with Gasteiger partial charge in [-0.05, 0) is 53.2 Å². The summed E-state index contributed by atoms with van der Waals surface area (Å²) in [4.78, 5) is 50.6. The van der Waals surface area contributed by atoms with E-state index in [-0.39, 0.29) is 39.9 Å². The Morgan fingerprint density at radius 2 is 1.38 bits per heavy atom. The highest BCUT2D eigenvalue weighted by atomic mass is 16.3. The van der Waals surface area contributed by atoms with Crippen LogP contribution in [0, 0.1) is 0 Å². The van der Waals surface area contributed by atoms with Gasteiger partial charge in [-0.1, -0.05) is 30.3 Å². The van der Waals surface area contributed by atoms with Crippen molar-refractivity contribution in [2.45, 2.75) is 0 Å². The van der Waals surface area contributed by atoms with E-state index in [1.165, 1.54) is 37.4 Å². The third-order valence-corrected chi connectivity index (χ3v) is 5.87. The number of carbonyl (C=O) groups is 4. The van der Waals surface area contributed by atoms with Gasteiger partial charge in [0.2, 0.25) is 0 Å². The van der Waals surface area contributed by atoms with E-state index in [9.17, 15) is 24.3 Å². The number of hydrogen-bond donors (Lipinski definition) is 3. The summed E-state index contributed by atoms with van der Waals surface area (Å²) in [7, 11) is 1.53. The van der Waals surface area contributed by atoms with Crippen LogP contribution in [0.4, 0.5) is 5.69 Å². The maximum Gasteiger partial charge on any atom is 0.259 e. The molecule has 0 heterocycles. The number of ketones is 2. The van der Waals surface area contributed by atoms with Crippen LogP contribution >= 0.6 is 0 Å². The monoisotopic (exact) mass is 450 g/mol. The fourth-order valence-corrected chi connectivity index (χ4v) is 4.13. The number of anilines is 1. The predicted molar refractivity (Wildman–Crippen MR) is 127 cm³/mol. The molecule has 0 radical (unpaired) electrons. The lowest BCUT2D eigenvalue weighted by atomic mass is 9.84. The minimum absolute atomic E-state index is 0.00651. The van der Waals surface area contributed by atoms with Crippen LogP contribution in [0.1, 0.15) is 52.6 Å². The summed E-state index contributed by atoms with van der Waals surface area (Å²) in [5, 5.41) is 16.9. The number of phenolic OH excluding ortho intramolecular Hbond substituents is 1. The van der Waals surface area contributed by atoms with Crippen LogP contribution in [-0.4, -0.2) is 35.5 Å². The van der Waals surface area contributed by atoms with E-state index in [1.54, 1.807) is 42.5 Å². The van der Waals surface area contributed by atoms with Crippen molar-refractivity contribution in [1.29, 1.82) is 0 Å². The Labute approximate surface area is 194 Å². The predicted octanol–water partition coefficient (Wildman–Crippen LogP) is 3.93. The number of benzene rings is 4. The zero-order valence-electron chi connectivity index (χ0n) is 18.0. The zero-order chi connectivity index (χ0) is 24.0. The molecule has 1 aliphatic carbocycles. The van der Waals surface area contributed by atoms with Crippen LogP contribution in [-0.2, 0) is 0 Å². The number of amides is 2. The average Bonchev–Trinajstić information content (AvgIpc) is 2.86. The molecule has 1 aliphatic rings. The Morgan fingerprint density at radius 3 is 2.09 bits per heavy atom. The topological polar surface area (TPSA) is 113 Å². The maximum absolute atomic E-state index is 13.0. The number of fused-ring (bicyclic) bond motifs is 3. The minimum atomic E-state index is -0.598. The highest BCUT2D eigenvalue weighted by Crippen LogP contribution is 2.30. The molecule has 5 rings (SSSR count). The second-order valence-electron chi connectivity index (χ2n) is 7.93. The van der Waals surface area contributed by atoms with E-state index in [1.807, 2.05) is 0 Å². The minimum Gasteiger partial charge on any atom is -0.507 e. The van der Waals surface area contributed by atoms with Gasteiger partial charge in [0.25, 0.3) is 11.8 Å². The van der Waals surface area contributed by atoms with Crippen molar-refractivity contribution in [2.75, 3.05) is 12.4 Å². The lowest BCUT2D eigenvalue weighted by Crippen LogP contribution is -2.21. The maximum atomic E-state index is 13.0. The molecule has 0 bridgehead atoms. The van der Waals surface area contributed by atoms with Crippen LogP contribution in [0.3, 0.4) is 0 Å². The summed E-state index contributed by atoms with van der Waals surface area (Å²) >= 11 is 0. The second kappa shape index (κ2) is 7.97. The molecule has 0 saturated heterocycles. The molecule has 7 heteroatoms. The molecular formula is C27H18N2O5. The van der Waals surface area contributed by atoms with Gasteiger partial charge in [-0.2, -0.15) is 0 Å². The first-order chi connectivity index (χ1) is 16.4. The van der Waals surface area contributed by atoms with Crippen molar-refractivity contribution in [3.63, 3.8) is 0 Å². The number of nitrogens with one attached hydrogen (secondary N) is 2. The normalized spacial score (nSPS) is 12.1. The lowest BCUT2D eigenvalue weighted by molar-refractivity contribution is 0.0961. The van der Waals surface area contributed by atoms with Crippen LogP contribution in [0.25, 0.3) is 10.8 Å². The molecule has 3 N–H and O–H groups in total. The summed E-state index contributed by atoms with van der Waals surface area (Å²) in [6.45, 7) is 0. The Kier molecular flexibility index (Phi) is 4.94. The van der Waals surface area contributed by atoms with Crippen molar-refractivity contribution < 1.29 is 24.3 Å². The highest BCUT2D eigenvalue weighted by molar-refractivity contribution is 6.28. The number of phenols is 1. The van der Waals surface area contributed by atoms with E-state index in [0.717, 1.165) is 0 Å². The third-order valence-electron chi connectivity index (χ3n) is 5.87. The fraction of sp³-hybridized carbons (Fsp3) is 0.0370. The molecule has 0 saturated carbocycles. The van der Waals surface area contributed by atoms with Crippen molar-refractivity contribution in [2.24, 2.45) is 0 Å². The Balaban J connectivity index is 1.48. The van der Waals surface area contributed by atoms with Crippen molar-refractivity contribution in [1.82, 2.24) is 5.32 Å². The van der Waals surface area contributed by atoms with E-state index < -0.39 is 5.91 Å². The average molecular weight is 450 g/mol. The molecule has 0 fully saturated rings. The molecule has 166 valence electrons. The molecule has 34 heavy (non-hydrogen) atoms.